The molecule has 8 unspecified atom stereocenters. The molecule has 0 saturated carbocycles. The van der Waals surface area contributed by atoms with Gasteiger partial charge in [-0.1, -0.05) is 151 Å². The van der Waals surface area contributed by atoms with Crippen molar-refractivity contribution < 1.29 is 142 Å². The topological polar surface area (TPSA) is 368 Å². The van der Waals surface area contributed by atoms with Crippen LogP contribution in [0.25, 0.3) is 0 Å². The number of hydrogen-bond donors (Lipinski definition) is 2. The number of amides is 2. The minimum atomic E-state index is -2.79. The van der Waals surface area contributed by atoms with E-state index in [4.69, 9.17) is 140 Å². The van der Waals surface area contributed by atoms with Crippen molar-refractivity contribution in [2.24, 2.45) is 5.73 Å². The second kappa shape index (κ2) is 49.1. The number of alkyl carbamates (subject to hydrolysis) is 1. The number of methoxy groups -OCH3 is 1. The highest BCUT2D eigenvalue weighted by molar-refractivity contribution is 6.67. The number of esters is 6. The van der Waals surface area contributed by atoms with Gasteiger partial charge >= 0.3 is 48.0 Å². The Morgan fingerprint density at radius 2 is 1.04 bits per heavy atom. The standard InChI is InChI=1S/C76H112Cl3FN2O29/c1-11-17-33-92-41-53-59(94-35-19-13-3)63(97-38-22-16-6)65(67(80)104-53)110-70-57(82-74(90)99-45-76(77,78)79)62(96-37-21-15-5)61(54(105-70)42-93-34-18-12-2)109-71-66(108-69(87)50-31-27-24-28-32-50)64(107-68(86)49-29-25-23-26-30-49)60(95-36-20-14-4)56(106-71)44-100-75(72(88)91-10)40-51(103-73(81)89)39-52(111-75)58(102-48(9)85)55(101-47(8)84)43-98-46(7)83/h23-32,51-67,70-71H,11-22,33-45H2,1-10H3,(H2,81,89)(H,82,90)/t51-,52?,53?,54?,55+,56?,57-,58+,59+,60-,61+,62?,63?,64?,65?,66-,67-,70-,71-,75+/m0/s1. The van der Waals surface area contributed by atoms with E-state index in [9.17, 15) is 33.6 Å². The summed E-state index contributed by atoms with van der Waals surface area (Å²) in [4.78, 5) is 110. The van der Waals surface area contributed by atoms with Crippen molar-refractivity contribution in [1.29, 1.82) is 0 Å². The average Bonchev–Trinajstić information content (AvgIpc) is 0.764. The lowest BCUT2D eigenvalue weighted by atomic mass is 9.92. The molecular weight excluding hydrogens is 1530 g/mol. The molecule has 4 heterocycles. The monoisotopic (exact) mass is 1640 g/mol. The number of rotatable bonds is 47. The number of halogens is 4. The maximum absolute atomic E-state index is 17.7. The predicted molar refractivity (Wildman–Crippen MR) is 394 cm³/mol. The highest BCUT2D eigenvalue weighted by atomic mass is 35.6. The van der Waals surface area contributed by atoms with Gasteiger partial charge in [0.2, 0.25) is 10.2 Å². The van der Waals surface area contributed by atoms with Gasteiger partial charge < -0.3 is 111 Å². The van der Waals surface area contributed by atoms with Gasteiger partial charge in [0, 0.05) is 66.8 Å². The van der Waals surface area contributed by atoms with Crippen LogP contribution < -0.4 is 11.1 Å². The number of alkyl halides is 4. The molecule has 111 heavy (non-hydrogen) atoms. The Morgan fingerprint density at radius 1 is 0.559 bits per heavy atom. The Kier molecular flexibility index (Phi) is 41.6. The second-order valence-electron chi connectivity index (χ2n) is 27.0. The number of benzene rings is 2. The van der Waals surface area contributed by atoms with Gasteiger partial charge in [-0.3, -0.25) is 14.4 Å². The molecule has 2 aromatic rings. The first-order valence-corrected chi connectivity index (χ1v) is 39.3. The maximum atomic E-state index is 17.7. The van der Waals surface area contributed by atoms with E-state index in [-0.39, 0.29) is 57.4 Å². The van der Waals surface area contributed by atoms with Gasteiger partial charge in [-0.25, -0.2) is 28.4 Å². The average molecular weight is 1640 g/mol. The van der Waals surface area contributed by atoms with Crippen LogP contribution in [-0.2, 0) is 119 Å². The molecule has 6 rings (SSSR count). The molecule has 3 N–H and O–H groups in total. The Hall–Kier alpha value is -5.92. The van der Waals surface area contributed by atoms with Crippen molar-refractivity contribution in [3.8, 4) is 0 Å². The van der Waals surface area contributed by atoms with Gasteiger partial charge in [-0.05, 0) is 62.8 Å². The predicted octanol–water partition coefficient (Wildman–Crippen LogP) is 10.1. The zero-order valence-electron chi connectivity index (χ0n) is 64.8. The van der Waals surface area contributed by atoms with Crippen LogP contribution in [-0.4, -0.2) is 254 Å². The van der Waals surface area contributed by atoms with Gasteiger partial charge in [-0.2, -0.15) is 0 Å². The van der Waals surface area contributed by atoms with Crippen molar-refractivity contribution in [2.75, 3.05) is 79.8 Å². The lowest BCUT2D eigenvalue weighted by molar-refractivity contribution is -0.374. The lowest BCUT2D eigenvalue weighted by Gasteiger charge is -2.51. The third-order valence-electron chi connectivity index (χ3n) is 18.0. The molecule has 4 aliphatic rings. The summed E-state index contributed by atoms with van der Waals surface area (Å²) in [6.07, 6.45) is -26.1. The summed E-state index contributed by atoms with van der Waals surface area (Å²) < 4.78 is 149. The van der Waals surface area contributed by atoms with Crippen LogP contribution in [0.1, 0.15) is 173 Å². The van der Waals surface area contributed by atoms with E-state index in [0.717, 1.165) is 47.1 Å². The molecule has 0 aromatic heterocycles. The molecule has 20 atom stereocenters. The molecular formula is C76H112Cl3FN2O29. The highest BCUT2D eigenvalue weighted by Crippen LogP contribution is 2.42. The third-order valence-corrected chi connectivity index (χ3v) is 18.4. The van der Waals surface area contributed by atoms with Gasteiger partial charge in [0.25, 0.3) is 5.79 Å². The molecule has 35 heteroatoms. The molecule has 4 aliphatic heterocycles. The van der Waals surface area contributed by atoms with Crippen LogP contribution in [0.5, 0.6) is 0 Å². The smallest absolute Gasteiger partial charge is 0.407 e. The van der Waals surface area contributed by atoms with Crippen LogP contribution in [0.4, 0.5) is 14.0 Å². The molecule has 0 bridgehead atoms. The van der Waals surface area contributed by atoms with Gasteiger partial charge in [-0.15, -0.1) is 0 Å². The first-order valence-electron chi connectivity index (χ1n) is 38.1. The van der Waals surface area contributed by atoms with Crippen LogP contribution in [0.15, 0.2) is 60.7 Å². The van der Waals surface area contributed by atoms with Crippen molar-refractivity contribution in [1.82, 2.24) is 5.32 Å². The first kappa shape index (κ1) is 93.9. The fourth-order valence-electron chi connectivity index (χ4n) is 12.6. The quantitative estimate of drug-likeness (QED) is 0.0269. The molecule has 2 amide bonds. The van der Waals surface area contributed by atoms with Crippen LogP contribution >= 0.6 is 34.8 Å². The van der Waals surface area contributed by atoms with E-state index in [1.807, 2.05) is 41.5 Å². The minimum absolute atomic E-state index is 0.00400. The number of hydrogen-bond acceptors (Lipinski definition) is 29. The third kappa shape index (κ3) is 30.3. The maximum Gasteiger partial charge on any atom is 0.407 e. The Bertz CT molecular complexity index is 3120. The van der Waals surface area contributed by atoms with Crippen LogP contribution in [0.2, 0.25) is 0 Å². The van der Waals surface area contributed by atoms with Gasteiger partial charge in [0.05, 0.1) is 44.5 Å². The summed E-state index contributed by atoms with van der Waals surface area (Å²) in [5.41, 5.74) is 5.65. The zero-order valence-corrected chi connectivity index (χ0v) is 67.1. The number of primary amides is 1. The summed E-state index contributed by atoms with van der Waals surface area (Å²) in [6.45, 7) is 12.5. The van der Waals surface area contributed by atoms with Crippen molar-refractivity contribution >= 4 is 82.8 Å². The Morgan fingerprint density at radius 3 is 1.54 bits per heavy atom. The van der Waals surface area contributed by atoms with E-state index in [2.05, 4.69) is 5.32 Å². The normalized spacial score (nSPS) is 28.0. The number of ether oxygens (including phenoxy) is 21. The van der Waals surface area contributed by atoms with Crippen molar-refractivity contribution in [3.05, 3.63) is 71.8 Å². The molecule has 0 radical (unpaired) electrons. The number of carbonyl (C=O) groups is 8. The van der Waals surface area contributed by atoms with Gasteiger partial charge in [0.1, 0.15) is 86.4 Å². The second-order valence-corrected chi connectivity index (χ2v) is 29.5. The SMILES string of the molecule is CCCCOCC1O[C@H](F)C(O[C@@H]2OC(COCCCC)[C@@H](O[C@@H]3OC(CO[C@]4(C(=O)OC)C[C@@H](OC(N)=O)CC([C@@H](OC(C)=O)[C@@H](COC(C)=O)OC(C)=O)O4)[C@H](OCCCC)C(OC(=O)c4ccccc4)[C@@H]3OC(=O)c3ccccc3)C(OCCCC)[C@@H]2NC(=O)OCC(Cl)(Cl)Cl)C(OCCCC)[C@@H]1OCCCC. The Labute approximate surface area is 662 Å². The van der Waals surface area contributed by atoms with Crippen molar-refractivity contribution in [2.45, 2.75) is 278 Å². The fraction of sp³-hybridized carbons (Fsp3) is 0.737. The summed E-state index contributed by atoms with van der Waals surface area (Å²) >= 11 is 18.5. The van der Waals surface area contributed by atoms with Crippen molar-refractivity contribution in [3.63, 3.8) is 0 Å². The number of nitrogens with two attached hydrogens (primary N) is 1. The summed E-state index contributed by atoms with van der Waals surface area (Å²) in [7, 11) is 0.976. The summed E-state index contributed by atoms with van der Waals surface area (Å²) in [6, 6.07) is 13.8. The Balaban J connectivity index is 1.62. The molecule has 0 aliphatic carbocycles. The zero-order chi connectivity index (χ0) is 81.0. The number of carbonyl (C=O) groups excluding carboxylic acids is 8. The van der Waals surface area contributed by atoms with E-state index < -0.39 is 207 Å². The van der Waals surface area contributed by atoms with Crippen LogP contribution in [0, 0.1) is 0 Å². The number of nitrogens with one attached hydrogen (secondary N) is 1. The molecule has 4 fully saturated rings. The summed E-state index contributed by atoms with van der Waals surface area (Å²) in [5, 5.41) is 2.77. The van der Waals surface area contributed by atoms with E-state index in [0.29, 0.717) is 64.4 Å². The molecule has 0 spiro atoms. The first-order chi connectivity index (χ1) is 53.2. The molecule has 4 saturated heterocycles. The molecule has 2 aromatic carbocycles. The molecule has 628 valence electrons. The molecule has 31 nitrogen and oxygen atoms in total. The van der Waals surface area contributed by atoms with E-state index in [1.165, 1.54) is 24.3 Å². The minimum Gasteiger partial charge on any atom is -0.465 e. The van der Waals surface area contributed by atoms with Gasteiger partial charge in [0.15, 0.2) is 37.0 Å². The largest absolute Gasteiger partial charge is 0.465 e. The number of unbranched alkanes of at least 4 members (excludes halogenated alkanes) is 6. The van der Waals surface area contributed by atoms with E-state index >= 15 is 9.18 Å². The summed E-state index contributed by atoms with van der Waals surface area (Å²) in [5.74, 6) is -8.84. The van der Waals surface area contributed by atoms with E-state index in [1.54, 1.807) is 36.4 Å². The van der Waals surface area contributed by atoms with Crippen LogP contribution in [0.3, 0.4) is 0 Å². The lowest BCUT2D eigenvalue weighted by Crippen LogP contribution is -2.70. The highest BCUT2D eigenvalue weighted by Gasteiger charge is 2.61. The fourth-order valence-corrected chi connectivity index (χ4v) is 12.7.